The molecular weight excluding hydrogens is 362 g/mol. The lowest BCUT2D eigenvalue weighted by Crippen LogP contribution is -2.52. The first-order chi connectivity index (χ1) is 13.4. The van der Waals surface area contributed by atoms with Crippen LogP contribution in [0.15, 0.2) is 30.3 Å². The maximum absolute atomic E-state index is 12.3. The molecule has 0 aliphatic carbocycles. The van der Waals surface area contributed by atoms with Crippen molar-refractivity contribution < 1.29 is 23.9 Å². The molecule has 0 unspecified atom stereocenters. The van der Waals surface area contributed by atoms with Gasteiger partial charge in [-0.3, -0.25) is 14.5 Å². The highest BCUT2D eigenvalue weighted by Gasteiger charge is 2.41. The van der Waals surface area contributed by atoms with Gasteiger partial charge in [0.1, 0.15) is 0 Å². The normalized spacial score (nSPS) is 20.5. The van der Waals surface area contributed by atoms with E-state index in [-0.39, 0.29) is 24.8 Å². The molecule has 1 fully saturated rings. The largest absolute Gasteiger partial charge is 0.467 e. The molecule has 0 bridgehead atoms. The van der Waals surface area contributed by atoms with E-state index >= 15 is 0 Å². The zero-order valence-corrected chi connectivity index (χ0v) is 16.5. The number of benzene rings is 1. The molecule has 1 aliphatic rings. The molecular formula is C20H29N3O5. The fraction of sp³-hybridized carbons (Fsp3) is 0.550. The Labute approximate surface area is 165 Å². The first kappa shape index (κ1) is 21.8. The standard InChI is InChI=1S/C20H29N3O5/c1-20(19(21)26)10-6-11-23(20)12-9-17(24)22-16(18(25)27-2)14-28-13-15-7-4-3-5-8-15/h3-5,7-8,16H,6,9-14H2,1-2H3,(H2,21,26)(H,22,24)/t16-,20+/m0/s1. The number of hydrogen-bond acceptors (Lipinski definition) is 6. The second kappa shape index (κ2) is 10.2. The van der Waals surface area contributed by atoms with Gasteiger partial charge in [-0.15, -0.1) is 0 Å². The predicted molar refractivity (Wildman–Crippen MR) is 103 cm³/mol. The van der Waals surface area contributed by atoms with Crippen LogP contribution in [0.2, 0.25) is 0 Å². The summed E-state index contributed by atoms with van der Waals surface area (Å²) in [4.78, 5) is 37.9. The molecule has 1 aromatic rings. The summed E-state index contributed by atoms with van der Waals surface area (Å²) in [7, 11) is 1.27. The average molecular weight is 391 g/mol. The quantitative estimate of drug-likeness (QED) is 0.565. The van der Waals surface area contributed by atoms with Crippen molar-refractivity contribution in [1.82, 2.24) is 10.2 Å². The third kappa shape index (κ3) is 5.77. The first-order valence-electron chi connectivity index (χ1n) is 9.40. The van der Waals surface area contributed by atoms with Crippen LogP contribution in [0.4, 0.5) is 0 Å². The lowest BCUT2D eigenvalue weighted by Gasteiger charge is -2.32. The number of carbonyl (C=O) groups is 3. The molecule has 8 nitrogen and oxygen atoms in total. The summed E-state index contributed by atoms with van der Waals surface area (Å²) in [6.07, 6.45) is 1.69. The van der Waals surface area contributed by atoms with Crippen molar-refractivity contribution in [3.05, 3.63) is 35.9 Å². The average Bonchev–Trinajstić information content (AvgIpc) is 3.08. The summed E-state index contributed by atoms with van der Waals surface area (Å²) in [6, 6.07) is 8.65. The number of rotatable bonds is 10. The molecule has 2 atom stereocenters. The van der Waals surface area contributed by atoms with Crippen molar-refractivity contribution in [2.45, 2.75) is 44.4 Å². The Kier molecular flexibility index (Phi) is 7.95. The number of likely N-dealkylation sites (tertiary alicyclic amines) is 1. The van der Waals surface area contributed by atoms with E-state index in [4.69, 9.17) is 15.2 Å². The lowest BCUT2D eigenvalue weighted by molar-refractivity contribution is -0.147. The Morgan fingerprint density at radius 3 is 2.64 bits per heavy atom. The molecule has 28 heavy (non-hydrogen) atoms. The van der Waals surface area contributed by atoms with Crippen LogP contribution >= 0.6 is 0 Å². The van der Waals surface area contributed by atoms with Crippen LogP contribution in [0, 0.1) is 0 Å². The first-order valence-corrected chi connectivity index (χ1v) is 9.40. The summed E-state index contributed by atoms with van der Waals surface area (Å²) in [6.45, 7) is 3.25. The zero-order valence-electron chi connectivity index (χ0n) is 16.5. The molecule has 2 rings (SSSR count). The van der Waals surface area contributed by atoms with Gasteiger partial charge in [0, 0.05) is 13.0 Å². The topological polar surface area (TPSA) is 111 Å². The maximum atomic E-state index is 12.3. The predicted octanol–water partition coefficient (Wildman–Crippen LogP) is 0.591. The third-order valence-corrected chi connectivity index (χ3v) is 5.15. The van der Waals surface area contributed by atoms with Crippen LogP contribution in [0.5, 0.6) is 0 Å². The minimum Gasteiger partial charge on any atom is -0.467 e. The minimum absolute atomic E-state index is 0.00994. The van der Waals surface area contributed by atoms with E-state index in [1.165, 1.54) is 7.11 Å². The van der Waals surface area contributed by atoms with Gasteiger partial charge in [0.2, 0.25) is 11.8 Å². The highest BCUT2D eigenvalue weighted by atomic mass is 16.5. The van der Waals surface area contributed by atoms with Gasteiger partial charge < -0.3 is 20.5 Å². The lowest BCUT2D eigenvalue weighted by atomic mass is 9.98. The van der Waals surface area contributed by atoms with E-state index in [0.717, 1.165) is 12.0 Å². The number of ether oxygens (including phenoxy) is 2. The maximum Gasteiger partial charge on any atom is 0.330 e. The van der Waals surface area contributed by atoms with E-state index < -0.39 is 17.6 Å². The number of nitrogens with zero attached hydrogens (tertiary/aromatic N) is 1. The molecule has 1 aromatic carbocycles. The molecule has 1 heterocycles. The van der Waals surface area contributed by atoms with Crippen molar-refractivity contribution in [1.29, 1.82) is 0 Å². The van der Waals surface area contributed by atoms with Crippen molar-refractivity contribution >= 4 is 17.8 Å². The molecule has 1 aliphatic heterocycles. The van der Waals surface area contributed by atoms with E-state index in [2.05, 4.69) is 5.32 Å². The number of nitrogens with one attached hydrogen (secondary N) is 1. The molecule has 0 saturated carbocycles. The number of carbonyl (C=O) groups excluding carboxylic acids is 3. The molecule has 1 saturated heterocycles. The molecule has 2 amide bonds. The van der Waals surface area contributed by atoms with Gasteiger partial charge in [0.25, 0.3) is 0 Å². The number of nitrogens with two attached hydrogens (primary N) is 1. The Hall–Kier alpha value is -2.45. The molecule has 0 radical (unpaired) electrons. The van der Waals surface area contributed by atoms with Crippen LogP contribution < -0.4 is 11.1 Å². The van der Waals surface area contributed by atoms with Crippen molar-refractivity contribution in [2.24, 2.45) is 5.73 Å². The SMILES string of the molecule is COC(=O)[C@H](COCc1ccccc1)NC(=O)CCN1CCC[C@]1(C)C(N)=O. The molecule has 3 N–H and O–H groups in total. The summed E-state index contributed by atoms with van der Waals surface area (Å²) in [5, 5.41) is 2.65. The van der Waals surface area contributed by atoms with Crippen LogP contribution in [-0.4, -0.2) is 61.1 Å². The second-order valence-electron chi connectivity index (χ2n) is 7.12. The van der Waals surface area contributed by atoms with Crippen molar-refractivity contribution in [2.75, 3.05) is 26.8 Å². The fourth-order valence-electron chi connectivity index (χ4n) is 3.34. The number of esters is 1. The highest BCUT2D eigenvalue weighted by Crippen LogP contribution is 2.28. The monoisotopic (exact) mass is 391 g/mol. The Morgan fingerprint density at radius 2 is 2.00 bits per heavy atom. The summed E-state index contributed by atoms with van der Waals surface area (Å²) in [5.74, 6) is -1.26. The Bertz CT molecular complexity index is 682. The van der Waals surface area contributed by atoms with Crippen LogP contribution in [0.1, 0.15) is 31.7 Å². The van der Waals surface area contributed by atoms with E-state index in [1.54, 1.807) is 6.92 Å². The summed E-state index contributed by atoms with van der Waals surface area (Å²) >= 11 is 0. The summed E-state index contributed by atoms with van der Waals surface area (Å²) < 4.78 is 10.3. The Morgan fingerprint density at radius 1 is 1.29 bits per heavy atom. The number of amides is 2. The highest BCUT2D eigenvalue weighted by molar-refractivity contribution is 5.85. The van der Waals surface area contributed by atoms with E-state index in [1.807, 2.05) is 35.2 Å². The number of methoxy groups -OCH3 is 1. The number of primary amides is 1. The number of hydrogen-bond donors (Lipinski definition) is 2. The molecule has 154 valence electrons. The van der Waals surface area contributed by atoms with Crippen LogP contribution in [-0.2, 0) is 30.5 Å². The van der Waals surface area contributed by atoms with Gasteiger partial charge in [-0.2, -0.15) is 0 Å². The third-order valence-electron chi connectivity index (χ3n) is 5.15. The molecule has 8 heteroatoms. The van der Waals surface area contributed by atoms with Gasteiger partial charge in [0.15, 0.2) is 6.04 Å². The fourth-order valence-corrected chi connectivity index (χ4v) is 3.34. The van der Waals surface area contributed by atoms with Crippen LogP contribution in [0.25, 0.3) is 0 Å². The second-order valence-corrected chi connectivity index (χ2v) is 7.12. The molecule has 0 spiro atoms. The van der Waals surface area contributed by atoms with Crippen LogP contribution in [0.3, 0.4) is 0 Å². The van der Waals surface area contributed by atoms with Gasteiger partial charge in [-0.05, 0) is 31.9 Å². The zero-order chi connectivity index (χ0) is 20.6. The van der Waals surface area contributed by atoms with Gasteiger partial charge in [0.05, 0.1) is 25.9 Å². The van der Waals surface area contributed by atoms with Crippen molar-refractivity contribution in [3.63, 3.8) is 0 Å². The minimum atomic E-state index is -0.887. The summed E-state index contributed by atoms with van der Waals surface area (Å²) in [5.41, 5.74) is 5.76. The van der Waals surface area contributed by atoms with Gasteiger partial charge in [-0.25, -0.2) is 4.79 Å². The van der Waals surface area contributed by atoms with Gasteiger partial charge >= 0.3 is 5.97 Å². The molecule has 0 aromatic heterocycles. The van der Waals surface area contributed by atoms with Gasteiger partial charge in [-0.1, -0.05) is 30.3 Å². The van der Waals surface area contributed by atoms with E-state index in [0.29, 0.717) is 26.1 Å². The van der Waals surface area contributed by atoms with E-state index in [9.17, 15) is 14.4 Å². The smallest absolute Gasteiger partial charge is 0.330 e. The van der Waals surface area contributed by atoms with Crippen molar-refractivity contribution in [3.8, 4) is 0 Å². The Balaban J connectivity index is 1.83.